The molecule has 0 aromatic rings. The van der Waals surface area contributed by atoms with Crippen molar-refractivity contribution >= 4 is 0 Å². The van der Waals surface area contributed by atoms with Gasteiger partial charge in [-0.2, -0.15) is 5.26 Å². The van der Waals surface area contributed by atoms with Crippen molar-refractivity contribution in [2.24, 2.45) is 5.92 Å². The van der Waals surface area contributed by atoms with Crippen molar-refractivity contribution in [1.82, 2.24) is 0 Å². The number of hydrogen-bond donors (Lipinski definition) is 0. The lowest BCUT2D eigenvalue weighted by atomic mass is 10.2. The van der Waals surface area contributed by atoms with Crippen LogP contribution >= 0.6 is 0 Å². The van der Waals surface area contributed by atoms with E-state index in [2.05, 4.69) is 12.6 Å². The molecule has 1 unspecified atom stereocenters. The molecular weight excluding hydrogens is 110 g/mol. The van der Waals surface area contributed by atoms with Crippen LogP contribution < -0.4 is 0 Å². The molecule has 0 amide bonds. The van der Waals surface area contributed by atoms with Crippen LogP contribution in [0.2, 0.25) is 0 Å². The third-order valence-electron chi connectivity index (χ3n) is 0.873. The van der Waals surface area contributed by atoms with Crippen LogP contribution in [0, 0.1) is 17.2 Å². The lowest BCUT2D eigenvalue weighted by Gasteiger charge is -1.88. The number of allylic oxidation sites excluding steroid dienone is 3. The van der Waals surface area contributed by atoms with E-state index in [0.29, 0.717) is 0 Å². The molecule has 1 nitrogen and oxygen atoms in total. The summed E-state index contributed by atoms with van der Waals surface area (Å²) in [6, 6.07) is 2.09. The fraction of sp³-hybridized carbons (Fsp3) is 0.375. The lowest BCUT2D eigenvalue weighted by Crippen LogP contribution is -1.80. The van der Waals surface area contributed by atoms with Crippen molar-refractivity contribution in [2.75, 3.05) is 0 Å². The van der Waals surface area contributed by atoms with Gasteiger partial charge in [-0.25, -0.2) is 0 Å². The quantitative estimate of drug-likeness (QED) is 0.514. The molecule has 0 aliphatic rings. The Morgan fingerprint density at radius 1 is 1.78 bits per heavy atom. The molecule has 0 aromatic heterocycles. The molecule has 0 fully saturated rings. The van der Waals surface area contributed by atoms with Crippen molar-refractivity contribution in [3.63, 3.8) is 0 Å². The minimum absolute atomic E-state index is 0.00157. The highest BCUT2D eigenvalue weighted by Crippen LogP contribution is 1.97. The van der Waals surface area contributed by atoms with E-state index in [1.807, 2.05) is 26.0 Å². The number of rotatable bonds is 2. The van der Waals surface area contributed by atoms with Crippen molar-refractivity contribution in [3.8, 4) is 6.07 Å². The molecule has 0 heterocycles. The van der Waals surface area contributed by atoms with Gasteiger partial charge in [0.25, 0.3) is 0 Å². The van der Waals surface area contributed by atoms with Crippen LogP contribution in [-0.2, 0) is 0 Å². The van der Waals surface area contributed by atoms with Crippen LogP contribution in [0.5, 0.6) is 0 Å². The molecule has 0 N–H and O–H groups in total. The molecule has 1 heteroatoms. The van der Waals surface area contributed by atoms with E-state index >= 15 is 0 Å². The summed E-state index contributed by atoms with van der Waals surface area (Å²) in [5, 5.41) is 8.32. The SMILES string of the molecule is C=C(C)/C=C\C(C)C#N. The second-order valence-corrected chi connectivity index (χ2v) is 2.12. The summed E-state index contributed by atoms with van der Waals surface area (Å²) in [6.07, 6.45) is 3.69. The highest BCUT2D eigenvalue weighted by molar-refractivity contribution is 5.13. The zero-order chi connectivity index (χ0) is 7.28. The molecule has 0 saturated carbocycles. The van der Waals surface area contributed by atoms with E-state index in [1.165, 1.54) is 0 Å². The monoisotopic (exact) mass is 121 g/mol. The molecule has 0 spiro atoms. The van der Waals surface area contributed by atoms with Crippen LogP contribution in [0.15, 0.2) is 24.3 Å². The largest absolute Gasteiger partial charge is 0.198 e. The summed E-state index contributed by atoms with van der Waals surface area (Å²) in [6.45, 7) is 7.42. The third-order valence-corrected chi connectivity index (χ3v) is 0.873. The van der Waals surface area contributed by atoms with Gasteiger partial charge in [-0.05, 0) is 13.8 Å². The minimum Gasteiger partial charge on any atom is -0.198 e. The van der Waals surface area contributed by atoms with Crippen molar-refractivity contribution in [3.05, 3.63) is 24.3 Å². The van der Waals surface area contributed by atoms with Gasteiger partial charge in [0.05, 0.1) is 12.0 Å². The van der Waals surface area contributed by atoms with E-state index in [-0.39, 0.29) is 5.92 Å². The topological polar surface area (TPSA) is 23.8 Å². The number of nitrogens with zero attached hydrogens (tertiary/aromatic N) is 1. The van der Waals surface area contributed by atoms with Gasteiger partial charge in [0.2, 0.25) is 0 Å². The maximum absolute atomic E-state index is 8.32. The highest BCUT2D eigenvalue weighted by Gasteiger charge is 1.88. The summed E-state index contributed by atoms with van der Waals surface area (Å²) < 4.78 is 0. The van der Waals surface area contributed by atoms with E-state index < -0.39 is 0 Å². The molecule has 0 aliphatic heterocycles. The number of nitriles is 1. The van der Waals surface area contributed by atoms with Gasteiger partial charge in [0.15, 0.2) is 0 Å². The molecule has 0 bridgehead atoms. The van der Waals surface area contributed by atoms with E-state index in [1.54, 1.807) is 0 Å². The average Bonchev–Trinajstić information content (AvgIpc) is 1.83. The van der Waals surface area contributed by atoms with Crippen LogP contribution in [0.25, 0.3) is 0 Å². The zero-order valence-corrected chi connectivity index (χ0v) is 5.89. The Labute approximate surface area is 56.3 Å². The van der Waals surface area contributed by atoms with Crippen molar-refractivity contribution in [2.45, 2.75) is 13.8 Å². The fourth-order valence-corrected chi connectivity index (χ4v) is 0.352. The smallest absolute Gasteiger partial charge is 0.0694 e. The van der Waals surface area contributed by atoms with Crippen LogP contribution in [0.4, 0.5) is 0 Å². The van der Waals surface area contributed by atoms with Gasteiger partial charge in [0.1, 0.15) is 0 Å². The molecule has 0 rings (SSSR count). The Kier molecular flexibility index (Phi) is 3.46. The van der Waals surface area contributed by atoms with Crippen LogP contribution in [-0.4, -0.2) is 0 Å². The summed E-state index contributed by atoms with van der Waals surface area (Å²) in [5.74, 6) is 0.00157. The Balaban J connectivity index is 3.74. The summed E-state index contributed by atoms with van der Waals surface area (Å²) in [5.41, 5.74) is 0.983. The molecule has 0 aliphatic carbocycles. The normalized spacial score (nSPS) is 13.0. The first-order chi connectivity index (χ1) is 4.16. The molecule has 0 aromatic carbocycles. The van der Waals surface area contributed by atoms with Gasteiger partial charge in [0, 0.05) is 0 Å². The van der Waals surface area contributed by atoms with Gasteiger partial charge in [-0.3, -0.25) is 0 Å². The van der Waals surface area contributed by atoms with Gasteiger partial charge >= 0.3 is 0 Å². The van der Waals surface area contributed by atoms with Crippen molar-refractivity contribution in [1.29, 1.82) is 5.26 Å². The van der Waals surface area contributed by atoms with Gasteiger partial charge in [-0.1, -0.05) is 24.3 Å². The number of hydrogen-bond acceptors (Lipinski definition) is 1. The average molecular weight is 121 g/mol. The zero-order valence-electron chi connectivity index (χ0n) is 5.89. The standard InChI is InChI=1S/C8H11N/c1-7(2)4-5-8(3)6-9/h4-5,8H,1H2,2-3H3/b5-4-. The summed E-state index contributed by atoms with van der Waals surface area (Å²) >= 11 is 0. The maximum atomic E-state index is 8.32. The summed E-state index contributed by atoms with van der Waals surface area (Å²) in [7, 11) is 0. The Morgan fingerprint density at radius 2 is 2.33 bits per heavy atom. The Morgan fingerprint density at radius 3 is 2.67 bits per heavy atom. The first-order valence-corrected chi connectivity index (χ1v) is 2.90. The first kappa shape index (κ1) is 7.97. The highest BCUT2D eigenvalue weighted by atomic mass is 14.2. The predicted molar refractivity (Wildman–Crippen MR) is 38.7 cm³/mol. The molecule has 0 saturated heterocycles. The minimum atomic E-state index is 0.00157. The van der Waals surface area contributed by atoms with E-state index in [4.69, 9.17) is 5.26 Å². The lowest BCUT2D eigenvalue weighted by molar-refractivity contribution is 0.955. The molecule has 9 heavy (non-hydrogen) atoms. The predicted octanol–water partition coefficient (Wildman–Crippen LogP) is 2.28. The second kappa shape index (κ2) is 3.91. The molecule has 0 radical (unpaired) electrons. The fourth-order valence-electron chi connectivity index (χ4n) is 0.352. The molecule has 1 atom stereocenters. The molecular formula is C8H11N. The van der Waals surface area contributed by atoms with E-state index in [0.717, 1.165) is 5.57 Å². The van der Waals surface area contributed by atoms with Crippen molar-refractivity contribution < 1.29 is 0 Å². The second-order valence-electron chi connectivity index (χ2n) is 2.12. The Bertz CT molecular complexity index is 160. The van der Waals surface area contributed by atoms with Gasteiger partial charge < -0.3 is 0 Å². The summed E-state index contributed by atoms with van der Waals surface area (Å²) in [4.78, 5) is 0. The Hall–Kier alpha value is -1.03. The van der Waals surface area contributed by atoms with Crippen LogP contribution in [0.3, 0.4) is 0 Å². The van der Waals surface area contributed by atoms with Crippen LogP contribution in [0.1, 0.15) is 13.8 Å². The third kappa shape index (κ3) is 4.83. The van der Waals surface area contributed by atoms with E-state index in [9.17, 15) is 0 Å². The molecule has 48 valence electrons. The van der Waals surface area contributed by atoms with Gasteiger partial charge in [-0.15, -0.1) is 0 Å². The first-order valence-electron chi connectivity index (χ1n) is 2.90. The maximum Gasteiger partial charge on any atom is 0.0694 e.